The predicted molar refractivity (Wildman–Crippen MR) is 98.9 cm³/mol. The fourth-order valence-electron chi connectivity index (χ4n) is 3.44. The summed E-state index contributed by atoms with van der Waals surface area (Å²) >= 11 is 1.74. The van der Waals surface area contributed by atoms with Crippen molar-refractivity contribution in [3.05, 3.63) is 29.8 Å². The first-order chi connectivity index (χ1) is 12.5. The molecule has 3 atom stereocenters. The lowest BCUT2D eigenvalue weighted by molar-refractivity contribution is -0.137. The van der Waals surface area contributed by atoms with Crippen LogP contribution in [0.15, 0.2) is 24.3 Å². The van der Waals surface area contributed by atoms with E-state index in [1.807, 2.05) is 0 Å². The summed E-state index contributed by atoms with van der Waals surface area (Å²) in [7, 11) is 0. The van der Waals surface area contributed by atoms with Crippen LogP contribution in [0.4, 0.5) is 10.5 Å². The molecular formula is C17H22N4O4S. The van der Waals surface area contributed by atoms with Gasteiger partial charge in [0.05, 0.1) is 12.1 Å². The summed E-state index contributed by atoms with van der Waals surface area (Å²) < 4.78 is 0. The van der Waals surface area contributed by atoms with Crippen molar-refractivity contribution in [1.82, 2.24) is 10.2 Å². The van der Waals surface area contributed by atoms with Gasteiger partial charge >= 0.3 is 12.0 Å². The van der Waals surface area contributed by atoms with Gasteiger partial charge in [0.2, 0.25) is 0 Å². The average Bonchev–Trinajstić information content (AvgIpc) is 3.16. The molecule has 0 bridgehead atoms. The summed E-state index contributed by atoms with van der Waals surface area (Å²) in [6.45, 7) is 0. The number of carboxylic acid groups (broad SMARTS) is 1. The van der Waals surface area contributed by atoms with Gasteiger partial charge in [-0.05, 0) is 37.1 Å². The summed E-state index contributed by atoms with van der Waals surface area (Å²) in [6.07, 6.45) is 2.42. The number of anilines is 1. The number of amides is 3. The number of carbonyl (C=O) groups is 3. The third-order valence-corrected chi connectivity index (χ3v) is 6.27. The summed E-state index contributed by atoms with van der Waals surface area (Å²) in [5.74, 6) is 4.92. The highest BCUT2D eigenvalue weighted by molar-refractivity contribution is 8.00. The second kappa shape index (κ2) is 7.96. The number of unbranched alkanes of at least 4 members (excludes halogenated alkanes) is 1. The van der Waals surface area contributed by atoms with Gasteiger partial charge in [0.25, 0.3) is 5.91 Å². The molecule has 3 amide bonds. The van der Waals surface area contributed by atoms with Crippen molar-refractivity contribution < 1.29 is 19.5 Å². The third kappa shape index (κ3) is 3.78. The number of aliphatic carboxylic acids is 1. The van der Waals surface area contributed by atoms with E-state index in [1.165, 1.54) is 4.90 Å². The SMILES string of the molecule is NNc1ccc(C(=O)N2C(=O)N[C@@H]3[C@H](CCCCC(=O)O)SC[C@@H]32)cc1. The first-order valence-corrected chi connectivity index (χ1v) is 9.60. The smallest absolute Gasteiger partial charge is 0.325 e. The van der Waals surface area contributed by atoms with Crippen LogP contribution in [0.3, 0.4) is 0 Å². The number of hydrogen-bond acceptors (Lipinski definition) is 6. The van der Waals surface area contributed by atoms with E-state index in [4.69, 9.17) is 10.9 Å². The number of rotatable bonds is 7. The van der Waals surface area contributed by atoms with Crippen molar-refractivity contribution in [2.45, 2.75) is 43.0 Å². The average molecular weight is 378 g/mol. The Labute approximate surface area is 155 Å². The van der Waals surface area contributed by atoms with Crippen LogP contribution in [0, 0.1) is 0 Å². The van der Waals surface area contributed by atoms with Crippen molar-refractivity contribution in [1.29, 1.82) is 0 Å². The van der Waals surface area contributed by atoms with Crippen LogP contribution >= 0.6 is 11.8 Å². The molecule has 9 heteroatoms. The third-order valence-electron chi connectivity index (χ3n) is 4.78. The zero-order valence-electron chi connectivity index (χ0n) is 14.2. The minimum Gasteiger partial charge on any atom is -0.481 e. The van der Waals surface area contributed by atoms with Crippen LogP contribution in [0.1, 0.15) is 36.0 Å². The van der Waals surface area contributed by atoms with Crippen LogP contribution in [-0.2, 0) is 4.79 Å². The van der Waals surface area contributed by atoms with E-state index in [9.17, 15) is 14.4 Å². The number of urea groups is 1. The Balaban J connectivity index is 1.63. The lowest BCUT2D eigenvalue weighted by Gasteiger charge is -2.20. The van der Waals surface area contributed by atoms with E-state index in [1.54, 1.807) is 36.0 Å². The maximum atomic E-state index is 12.8. The van der Waals surface area contributed by atoms with Crippen LogP contribution < -0.4 is 16.6 Å². The van der Waals surface area contributed by atoms with Gasteiger partial charge in [-0.3, -0.25) is 20.3 Å². The summed E-state index contributed by atoms with van der Waals surface area (Å²) in [5.41, 5.74) is 3.62. The van der Waals surface area contributed by atoms with Crippen molar-refractivity contribution in [3.63, 3.8) is 0 Å². The number of carboxylic acids is 1. The van der Waals surface area contributed by atoms with Gasteiger partial charge in [-0.25, -0.2) is 4.79 Å². The quantitative estimate of drug-likeness (QED) is 0.246. The van der Waals surface area contributed by atoms with Gasteiger partial charge in [0, 0.05) is 28.7 Å². The molecule has 0 radical (unpaired) electrons. The first kappa shape index (κ1) is 18.5. The number of nitrogens with zero attached hydrogens (tertiary/aromatic N) is 1. The maximum Gasteiger partial charge on any atom is 0.325 e. The van der Waals surface area contributed by atoms with Gasteiger partial charge in [-0.1, -0.05) is 6.42 Å². The lowest BCUT2D eigenvalue weighted by Crippen LogP contribution is -2.41. The number of benzene rings is 1. The normalized spacial score (nSPS) is 24.3. The Morgan fingerprint density at radius 2 is 2.04 bits per heavy atom. The molecule has 0 saturated carbocycles. The summed E-state index contributed by atoms with van der Waals surface area (Å²) in [6, 6.07) is 6.05. The van der Waals surface area contributed by atoms with Crippen LogP contribution in [0.25, 0.3) is 0 Å². The van der Waals surface area contributed by atoms with Crippen LogP contribution in [-0.4, -0.2) is 51.0 Å². The molecule has 0 unspecified atom stereocenters. The number of fused-ring (bicyclic) bond motifs is 1. The van der Waals surface area contributed by atoms with Crippen molar-refractivity contribution in [2.24, 2.45) is 5.84 Å². The zero-order chi connectivity index (χ0) is 18.7. The van der Waals surface area contributed by atoms with Gasteiger partial charge in [-0.15, -0.1) is 0 Å². The molecule has 2 saturated heterocycles. The van der Waals surface area contributed by atoms with E-state index in [-0.39, 0.29) is 35.7 Å². The summed E-state index contributed by atoms with van der Waals surface area (Å²) in [5, 5.41) is 11.9. The number of nitrogens with one attached hydrogen (secondary N) is 2. The maximum absolute atomic E-state index is 12.8. The molecule has 3 rings (SSSR count). The molecule has 2 aliphatic heterocycles. The number of nitrogen functional groups attached to an aromatic ring is 1. The predicted octanol–water partition coefficient (Wildman–Crippen LogP) is 1.64. The highest BCUT2D eigenvalue weighted by Gasteiger charge is 2.50. The highest BCUT2D eigenvalue weighted by Crippen LogP contribution is 2.37. The molecular weight excluding hydrogens is 356 g/mol. The number of thioether (sulfide) groups is 1. The van der Waals surface area contributed by atoms with Gasteiger partial charge < -0.3 is 15.8 Å². The van der Waals surface area contributed by atoms with Crippen LogP contribution in [0.2, 0.25) is 0 Å². The number of carbonyl (C=O) groups excluding carboxylic acids is 2. The number of nitrogens with two attached hydrogens (primary N) is 1. The topological polar surface area (TPSA) is 125 Å². The second-order valence-electron chi connectivity index (χ2n) is 6.45. The molecule has 2 fully saturated rings. The van der Waals surface area contributed by atoms with Gasteiger partial charge in [-0.2, -0.15) is 11.8 Å². The minimum atomic E-state index is -0.788. The second-order valence-corrected chi connectivity index (χ2v) is 7.72. The number of hydrazine groups is 1. The molecule has 0 spiro atoms. The van der Waals surface area contributed by atoms with Gasteiger partial charge in [0.1, 0.15) is 0 Å². The molecule has 0 aromatic heterocycles. The molecule has 2 heterocycles. The summed E-state index contributed by atoms with van der Waals surface area (Å²) in [4.78, 5) is 37.1. The van der Waals surface area contributed by atoms with E-state index >= 15 is 0 Å². The Morgan fingerprint density at radius 3 is 2.69 bits per heavy atom. The van der Waals surface area contributed by atoms with Crippen molar-refractivity contribution in [3.8, 4) is 0 Å². The lowest BCUT2D eigenvalue weighted by atomic mass is 10.0. The first-order valence-electron chi connectivity index (χ1n) is 8.55. The fraction of sp³-hybridized carbons (Fsp3) is 0.471. The number of hydrogen-bond donors (Lipinski definition) is 4. The van der Waals surface area contributed by atoms with E-state index < -0.39 is 5.97 Å². The van der Waals surface area contributed by atoms with E-state index in [2.05, 4.69) is 10.7 Å². The molecule has 26 heavy (non-hydrogen) atoms. The Hall–Kier alpha value is -2.26. The number of imide groups is 1. The van der Waals surface area contributed by atoms with E-state index in [0.29, 0.717) is 23.4 Å². The highest BCUT2D eigenvalue weighted by atomic mass is 32.2. The standard InChI is InChI=1S/C17H22N4O4S/c18-20-11-7-5-10(6-8-11)16(24)21-12-9-26-13(15(12)19-17(21)25)3-1-2-4-14(22)23/h5-8,12-13,15,20H,1-4,9,18H2,(H,19,25)(H,22,23)/t12-,13-,15-/m0/s1. The van der Waals surface area contributed by atoms with Crippen molar-refractivity contribution >= 4 is 35.4 Å². The zero-order valence-corrected chi connectivity index (χ0v) is 15.0. The Kier molecular flexibility index (Phi) is 5.67. The molecule has 1 aromatic carbocycles. The largest absolute Gasteiger partial charge is 0.481 e. The van der Waals surface area contributed by atoms with E-state index in [0.717, 1.165) is 12.8 Å². The molecule has 8 nitrogen and oxygen atoms in total. The molecule has 5 N–H and O–H groups in total. The van der Waals surface area contributed by atoms with Crippen LogP contribution in [0.5, 0.6) is 0 Å². The van der Waals surface area contributed by atoms with Gasteiger partial charge in [0.15, 0.2) is 0 Å². The Bertz CT molecular complexity index is 697. The minimum absolute atomic E-state index is 0.0775. The molecule has 0 aliphatic carbocycles. The molecule has 2 aliphatic rings. The fourth-order valence-corrected chi connectivity index (χ4v) is 5.03. The van der Waals surface area contributed by atoms with Crippen molar-refractivity contribution in [2.75, 3.05) is 11.2 Å². The monoisotopic (exact) mass is 378 g/mol. The molecule has 1 aromatic rings. The Morgan fingerprint density at radius 1 is 1.31 bits per heavy atom. The molecule has 140 valence electrons.